The van der Waals surface area contributed by atoms with Crippen molar-refractivity contribution in [3.63, 3.8) is 0 Å². The zero-order valence-corrected chi connectivity index (χ0v) is 68.7. The number of carbonyl (C=O) groups excluding carboxylic acids is 7. The molecular formula is C78H124F3N13O27. The van der Waals surface area contributed by atoms with E-state index in [9.17, 15) is 67.2 Å². The van der Waals surface area contributed by atoms with Crippen molar-refractivity contribution in [3.8, 4) is 11.3 Å². The van der Waals surface area contributed by atoms with Crippen LogP contribution in [0.15, 0.2) is 36.8 Å². The van der Waals surface area contributed by atoms with Gasteiger partial charge in [-0.1, -0.05) is 6.42 Å². The molecule has 43 heteroatoms. The van der Waals surface area contributed by atoms with Crippen molar-refractivity contribution < 1.29 is 143 Å². The number of aliphatic hydroxyl groups excluding tert-OH is 4. The summed E-state index contributed by atoms with van der Waals surface area (Å²) in [5, 5.41) is 63.6. The molecule has 121 heavy (non-hydrogen) atoms. The van der Waals surface area contributed by atoms with Crippen LogP contribution < -0.4 is 48.3 Å². The number of hydrogen-bond donors (Lipinski definition) is 14. The minimum atomic E-state index is -4.71. The summed E-state index contributed by atoms with van der Waals surface area (Å²) < 4.78 is 127. The third-order valence-electron chi connectivity index (χ3n) is 19.8. The van der Waals surface area contributed by atoms with Gasteiger partial charge in [0.1, 0.15) is 55.4 Å². The second kappa shape index (κ2) is 58.5. The van der Waals surface area contributed by atoms with Gasteiger partial charge in [0, 0.05) is 62.2 Å². The zero-order chi connectivity index (χ0) is 86.7. The number of nitrogens with one attached hydrogen (secondary N) is 9. The van der Waals surface area contributed by atoms with E-state index in [1.807, 2.05) is 0 Å². The zero-order valence-electron chi connectivity index (χ0n) is 68.7. The molecule has 2 bridgehead atoms. The summed E-state index contributed by atoms with van der Waals surface area (Å²) in [5.41, 5.74) is 6.73. The normalized spacial score (nSPS) is 21.6. The molecule has 0 radical (unpaired) electrons. The maximum Gasteiger partial charge on any atom is 0.434 e. The van der Waals surface area contributed by atoms with E-state index in [2.05, 4.69) is 62.5 Å². The Morgan fingerprint density at radius 3 is 1.76 bits per heavy atom. The number of amides is 7. The number of aliphatic hydroxyl groups is 4. The van der Waals surface area contributed by atoms with Crippen molar-refractivity contribution >= 4 is 58.7 Å². The number of imidazole rings is 1. The van der Waals surface area contributed by atoms with Gasteiger partial charge >= 0.3 is 12.3 Å². The van der Waals surface area contributed by atoms with Gasteiger partial charge in [0.15, 0.2) is 5.69 Å². The first-order valence-electron chi connectivity index (χ1n) is 41.2. The molecule has 2 unspecified atom stereocenters. The van der Waals surface area contributed by atoms with E-state index < -0.39 is 84.5 Å². The number of hydrogen-bond acceptors (Lipinski definition) is 32. The predicted octanol–water partition coefficient (Wildman–Crippen LogP) is 0.446. The molecule has 5 heterocycles. The van der Waals surface area contributed by atoms with Crippen molar-refractivity contribution in [3.05, 3.63) is 48.3 Å². The first-order valence-corrected chi connectivity index (χ1v) is 41.2. The molecule has 2 aromatic heterocycles. The Labute approximate surface area is 700 Å². The Bertz CT molecular complexity index is 3450. The number of aromatic amines is 1. The van der Waals surface area contributed by atoms with E-state index in [0.29, 0.717) is 125 Å². The Morgan fingerprint density at radius 1 is 0.612 bits per heavy atom. The number of aromatic nitrogens is 4. The summed E-state index contributed by atoms with van der Waals surface area (Å²) in [6.45, 7) is 4.83. The van der Waals surface area contributed by atoms with Gasteiger partial charge in [-0.05, 0) is 88.4 Å². The smallest absolute Gasteiger partial charge is 0.434 e. The number of benzene rings is 1. The van der Waals surface area contributed by atoms with Gasteiger partial charge in [-0.3, -0.25) is 39.1 Å². The molecule has 3 fully saturated rings. The second-order valence-corrected chi connectivity index (χ2v) is 29.0. The van der Waals surface area contributed by atoms with Crippen LogP contribution >= 0.6 is 0 Å². The van der Waals surface area contributed by atoms with E-state index in [-0.39, 0.29) is 219 Å². The monoisotopic (exact) mass is 1730 g/mol. The molecule has 0 spiro atoms. The Morgan fingerprint density at radius 2 is 1.17 bits per heavy atom. The minimum Gasteiger partial charge on any atom is -0.453 e. The first-order chi connectivity index (χ1) is 58.7. The number of methoxy groups -OCH3 is 1. The average Bonchev–Trinajstić information content (AvgIpc) is 1.78. The lowest BCUT2D eigenvalue weighted by molar-refractivity contribution is -0.161. The Hall–Kier alpha value is -7.61. The minimum absolute atomic E-state index is 0.00215. The van der Waals surface area contributed by atoms with Crippen LogP contribution in [0.4, 0.5) is 35.2 Å². The maximum atomic E-state index is 14.1. The highest BCUT2D eigenvalue weighted by atomic mass is 19.4. The number of fused-ring (bicyclic) bond motifs is 4. The molecule has 4 aliphatic rings. The number of alkyl halides is 3. The summed E-state index contributed by atoms with van der Waals surface area (Å²) in [4.78, 5) is 106. The van der Waals surface area contributed by atoms with E-state index in [1.165, 1.54) is 7.11 Å². The fourth-order valence-electron chi connectivity index (χ4n) is 13.0. The van der Waals surface area contributed by atoms with Gasteiger partial charge in [0.05, 0.1) is 226 Å². The number of halogens is 3. The van der Waals surface area contributed by atoms with E-state index in [4.69, 9.17) is 81.5 Å². The lowest BCUT2D eigenvalue weighted by Crippen LogP contribution is -2.57. The van der Waals surface area contributed by atoms with Gasteiger partial charge in [-0.2, -0.15) is 13.2 Å². The number of nitrogens with two attached hydrogens (primary N) is 1. The third-order valence-corrected chi connectivity index (χ3v) is 19.8. The summed E-state index contributed by atoms with van der Waals surface area (Å²) in [7, 11) is 1.25. The van der Waals surface area contributed by atoms with Crippen molar-refractivity contribution in [1.29, 1.82) is 0 Å². The highest BCUT2D eigenvalue weighted by molar-refractivity contribution is 5.98. The summed E-state index contributed by atoms with van der Waals surface area (Å²) in [6, 6.07) is 2.96. The van der Waals surface area contributed by atoms with Gasteiger partial charge in [0.2, 0.25) is 35.4 Å². The molecule has 7 amide bonds. The molecule has 2 saturated heterocycles. The standard InChI is InChI=1S/C78H124F3N13O27/c1-106-77(105)89-55-11-12-57-59(40-55)93-75(103)53(4-2-6-58(74-87-42-60(57)91-74)92-76(104)54-9-7-52(41-82)8-10-54)5-3-16-84-69(98)50-118-38-34-113-35-39-119-51-70(99)88-56(45-114-19-14-67(96)85-17-22-107-24-26-109-28-30-111-32-36-116-48-63-72(101)62(95)13-21-120-63)46-115-20-15-68(97)86-18-23-108-25-27-110-29-31-112-33-37-117-49-64-73(102)71(100)61(47-121-64)90-66-44-83-43-65(94-66)78(79,80)81/h11-12,40,42-44,52-54,56,58,61-64,71-73,95,100-102H,2-10,13-39,41,45-51,82H2,1H3,(H,84,98)(H,85,96)(H,86,97)(H,87,91)(H,88,99)(H,89,105)(H,90,94)(H,92,104)(H,93,103)/t52?,53?,54?,56?,58-,61-,62+,63+,64+,71+,72+,73-/m0/s1. The van der Waals surface area contributed by atoms with Gasteiger partial charge < -0.3 is 144 Å². The van der Waals surface area contributed by atoms with Crippen molar-refractivity contribution in [2.75, 3.05) is 234 Å². The molecule has 684 valence electrons. The fraction of sp³-hybridized carbons (Fsp3) is 0.744. The lowest BCUT2D eigenvalue weighted by Gasteiger charge is -2.38. The molecule has 10 atom stereocenters. The SMILES string of the molecule is COC(=O)Nc1ccc2c(c1)NC(=O)C(CCCNC(=O)COCCOCCOCC(=O)NC(COCCC(=O)NCCOCCOCCOCCOC[C@H]1OC[C@H](Nc3cncc(C(F)(F)F)n3)[C@@H](O)[C@H]1O)COCCC(=O)NCCOCCOCCOCCOC[C@H]1OCC[C@@H](O)[C@H]1O)CCC[C@H](NC(=O)C1CCC(CN)CC1)c1ncc-2[nH]1. The molecule has 1 aromatic carbocycles. The van der Waals surface area contributed by atoms with Crippen LogP contribution in [0.3, 0.4) is 0 Å². The molecule has 1 aliphatic carbocycles. The molecule has 40 nitrogen and oxygen atoms in total. The number of carbonyl (C=O) groups is 7. The largest absolute Gasteiger partial charge is 0.453 e. The van der Waals surface area contributed by atoms with Crippen LogP contribution in [-0.4, -0.2) is 349 Å². The van der Waals surface area contributed by atoms with Crippen molar-refractivity contribution in [2.45, 2.75) is 138 Å². The van der Waals surface area contributed by atoms with Crippen LogP contribution in [0.2, 0.25) is 0 Å². The number of ether oxygens (including phenoxy) is 16. The number of rotatable bonds is 59. The number of nitrogens with zero attached hydrogens (tertiary/aromatic N) is 3. The van der Waals surface area contributed by atoms with Crippen molar-refractivity contribution in [1.82, 2.24) is 46.5 Å². The first kappa shape index (κ1) is 100. The van der Waals surface area contributed by atoms with Crippen molar-refractivity contribution in [2.24, 2.45) is 23.5 Å². The van der Waals surface area contributed by atoms with E-state index in [1.54, 1.807) is 24.4 Å². The summed E-state index contributed by atoms with van der Waals surface area (Å²) in [6.07, 6.45) is -2.08. The molecule has 3 aliphatic heterocycles. The van der Waals surface area contributed by atoms with Crippen LogP contribution in [-0.2, 0) is 111 Å². The van der Waals surface area contributed by atoms with Gasteiger partial charge in [-0.15, -0.1) is 0 Å². The third kappa shape index (κ3) is 40.3. The lowest BCUT2D eigenvalue weighted by atomic mass is 9.81. The number of H-pyrrole nitrogens is 1. The van der Waals surface area contributed by atoms with E-state index in [0.717, 1.165) is 31.9 Å². The summed E-state index contributed by atoms with van der Waals surface area (Å²) in [5.74, 6) is -1.62. The molecule has 1 saturated carbocycles. The maximum absolute atomic E-state index is 14.1. The highest BCUT2D eigenvalue weighted by Gasteiger charge is 2.40. The Kier molecular flexibility index (Phi) is 48.6. The molecular weight excluding hydrogens is 1610 g/mol. The van der Waals surface area contributed by atoms with Gasteiger partial charge in [0.25, 0.3) is 0 Å². The topological polar surface area (TPSA) is 525 Å². The van der Waals surface area contributed by atoms with E-state index >= 15 is 0 Å². The van der Waals surface area contributed by atoms with Crippen LogP contribution in [0.25, 0.3) is 11.3 Å². The second-order valence-electron chi connectivity index (χ2n) is 29.0. The molecule has 7 rings (SSSR count). The fourth-order valence-corrected chi connectivity index (χ4v) is 13.0. The Balaban J connectivity index is 0.723. The van der Waals surface area contributed by atoms with Crippen LogP contribution in [0.5, 0.6) is 0 Å². The van der Waals surface area contributed by atoms with Crippen LogP contribution in [0.1, 0.15) is 94.6 Å². The molecule has 3 aromatic rings. The quantitative estimate of drug-likeness (QED) is 0.0341. The number of anilines is 3. The summed E-state index contributed by atoms with van der Waals surface area (Å²) >= 11 is 0. The van der Waals surface area contributed by atoms with Gasteiger partial charge in [-0.25, -0.2) is 14.8 Å². The van der Waals surface area contributed by atoms with Crippen LogP contribution in [0, 0.1) is 17.8 Å². The highest BCUT2D eigenvalue weighted by Crippen LogP contribution is 2.35. The average molecular weight is 1730 g/mol. The molecule has 15 N–H and O–H groups in total. The predicted molar refractivity (Wildman–Crippen MR) is 424 cm³/mol.